The molecule has 0 atom stereocenters. The van der Waals surface area contributed by atoms with Crippen molar-refractivity contribution in [3.8, 4) is 0 Å². The van der Waals surface area contributed by atoms with Crippen LogP contribution in [0.25, 0.3) is 5.65 Å². The first-order chi connectivity index (χ1) is 13.5. The Morgan fingerprint density at radius 1 is 1.14 bits per heavy atom. The van der Waals surface area contributed by atoms with Crippen molar-refractivity contribution in [3.05, 3.63) is 82.4 Å². The Morgan fingerprint density at radius 3 is 2.79 bits per heavy atom. The summed E-state index contributed by atoms with van der Waals surface area (Å²) in [5.41, 5.74) is 7.06. The minimum Gasteiger partial charge on any atom is -0.366 e. The van der Waals surface area contributed by atoms with Gasteiger partial charge in [0.15, 0.2) is 17.3 Å². The number of carbonyl (C=O) groups excluding carboxylic acids is 1. The molecule has 0 aliphatic heterocycles. The molecule has 28 heavy (non-hydrogen) atoms. The average molecular weight is 397 g/mol. The van der Waals surface area contributed by atoms with Crippen molar-refractivity contribution in [3.63, 3.8) is 0 Å². The minimum atomic E-state index is -0.823. The van der Waals surface area contributed by atoms with Crippen LogP contribution in [0.2, 0.25) is 5.02 Å². The van der Waals surface area contributed by atoms with Gasteiger partial charge in [-0.1, -0.05) is 23.7 Å². The Kier molecular flexibility index (Phi) is 4.62. The van der Waals surface area contributed by atoms with E-state index in [2.05, 4.69) is 20.6 Å². The Labute approximate surface area is 164 Å². The van der Waals surface area contributed by atoms with Gasteiger partial charge in [-0.15, -0.1) is 15.3 Å². The second-order valence-corrected chi connectivity index (χ2v) is 6.53. The van der Waals surface area contributed by atoms with Gasteiger partial charge in [-0.2, -0.15) is 4.52 Å². The monoisotopic (exact) mass is 396 g/mol. The number of primary amides is 1. The van der Waals surface area contributed by atoms with Crippen LogP contribution in [-0.2, 0) is 6.42 Å². The first-order valence-electron chi connectivity index (χ1n) is 8.32. The van der Waals surface area contributed by atoms with E-state index in [1.165, 1.54) is 12.1 Å². The number of rotatable bonds is 5. The molecule has 0 unspecified atom stereocenters. The molecule has 0 spiro atoms. The second-order valence-electron chi connectivity index (χ2n) is 6.10. The van der Waals surface area contributed by atoms with Crippen molar-refractivity contribution < 1.29 is 9.18 Å². The maximum Gasteiger partial charge on any atom is 0.251 e. The maximum absolute atomic E-state index is 13.7. The molecular weight excluding hydrogens is 383 g/mol. The third kappa shape index (κ3) is 3.63. The van der Waals surface area contributed by atoms with Crippen LogP contribution >= 0.6 is 11.6 Å². The molecular formula is C19H14ClFN6O. The summed E-state index contributed by atoms with van der Waals surface area (Å²) in [6, 6.07) is 15.0. The van der Waals surface area contributed by atoms with Crippen molar-refractivity contribution in [2.24, 2.45) is 5.73 Å². The third-order valence-electron chi connectivity index (χ3n) is 4.08. The highest BCUT2D eigenvalue weighted by Gasteiger charge is 2.13. The normalized spacial score (nSPS) is 10.9. The molecule has 2 heterocycles. The standard InChI is InChI=1S/C19H14ClFN6O/c20-12-2-1-3-13(10-12)23-16-6-7-17-24-25-18(27(17)26-16)9-11-4-5-15(21)14(8-11)19(22)28/h1-8,10H,9H2,(H2,22,28)(H,23,26). The van der Waals surface area contributed by atoms with E-state index >= 15 is 0 Å². The van der Waals surface area contributed by atoms with Crippen LogP contribution in [0.5, 0.6) is 0 Å². The molecule has 0 saturated carbocycles. The number of aromatic nitrogens is 4. The van der Waals surface area contributed by atoms with Gasteiger partial charge in [-0.05, 0) is 48.0 Å². The molecule has 3 N–H and O–H groups in total. The largest absolute Gasteiger partial charge is 0.366 e. The van der Waals surface area contributed by atoms with E-state index in [4.69, 9.17) is 17.3 Å². The van der Waals surface area contributed by atoms with Crippen LogP contribution in [0.3, 0.4) is 0 Å². The molecule has 140 valence electrons. The number of nitrogens with one attached hydrogen (secondary N) is 1. The van der Waals surface area contributed by atoms with Crippen LogP contribution in [0, 0.1) is 5.82 Å². The molecule has 0 fully saturated rings. The summed E-state index contributed by atoms with van der Waals surface area (Å²) >= 11 is 6.01. The van der Waals surface area contributed by atoms with Crippen molar-refractivity contribution in [2.75, 3.05) is 5.32 Å². The number of hydrogen-bond donors (Lipinski definition) is 2. The molecule has 0 aliphatic rings. The van der Waals surface area contributed by atoms with Crippen LogP contribution in [0.1, 0.15) is 21.7 Å². The molecule has 9 heteroatoms. The van der Waals surface area contributed by atoms with E-state index in [1.807, 2.05) is 12.1 Å². The Hall–Kier alpha value is -3.52. The number of nitrogens with zero attached hydrogens (tertiary/aromatic N) is 4. The minimum absolute atomic E-state index is 0.164. The second kappa shape index (κ2) is 7.24. The van der Waals surface area contributed by atoms with Gasteiger partial charge in [0.05, 0.1) is 5.56 Å². The smallest absolute Gasteiger partial charge is 0.251 e. The molecule has 1 amide bonds. The zero-order valence-electron chi connectivity index (χ0n) is 14.4. The summed E-state index contributed by atoms with van der Waals surface area (Å²) < 4.78 is 15.3. The van der Waals surface area contributed by atoms with E-state index in [0.29, 0.717) is 34.3 Å². The summed E-state index contributed by atoms with van der Waals surface area (Å²) in [5.74, 6) is -0.371. The fourth-order valence-electron chi connectivity index (χ4n) is 2.78. The lowest BCUT2D eigenvalue weighted by Crippen LogP contribution is -2.13. The lowest BCUT2D eigenvalue weighted by molar-refractivity contribution is 0.0996. The van der Waals surface area contributed by atoms with Crippen LogP contribution in [0.4, 0.5) is 15.9 Å². The Balaban J connectivity index is 1.65. The lowest BCUT2D eigenvalue weighted by atomic mass is 10.1. The van der Waals surface area contributed by atoms with E-state index < -0.39 is 11.7 Å². The highest BCUT2D eigenvalue weighted by Crippen LogP contribution is 2.20. The van der Waals surface area contributed by atoms with Crippen LogP contribution in [0.15, 0.2) is 54.6 Å². The fraction of sp³-hybridized carbons (Fsp3) is 0.0526. The average Bonchev–Trinajstić information content (AvgIpc) is 3.05. The van der Waals surface area contributed by atoms with Gasteiger partial charge >= 0.3 is 0 Å². The van der Waals surface area contributed by atoms with E-state index in [9.17, 15) is 9.18 Å². The summed E-state index contributed by atoms with van der Waals surface area (Å²) in [4.78, 5) is 11.4. The molecule has 0 radical (unpaired) electrons. The molecule has 0 bridgehead atoms. The lowest BCUT2D eigenvalue weighted by Gasteiger charge is -2.07. The SMILES string of the molecule is NC(=O)c1cc(Cc2nnc3ccc(Nc4cccc(Cl)c4)nn23)ccc1F. The number of nitrogens with two attached hydrogens (primary N) is 1. The first-order valence-corrected chi connectivity index (χ1v) is 8.69. The molecule has 2 aromatic heterocycles. The fourth-order valence-corrected chi connectivity index (χ4v) is 2.97. The van der Waals surface area contributed by atoms with Gasteiger partial charge in [0.25, 0.3) is 5.91 Å². The highest BCUT2D eigenvalue weighted by molar-refractivity contribution is 6.30. The Bertz CT molecular complexity index is 1190. The zero-order valence-corrected chi connectivity index (χ0v) is 15.2. The van der Waals surface area contributed by atoms with Gasteiger partial charge < -0.3 is 11.1 Å². The number of halogens is 2. The van der Waals surface area contributed by atoms with Gasteiger partial charge in [0, 0.05) is 17.1 Å². The van der Waals surface area contributed by atoms with Gasteiger partial charge in [0.2, 0.25) is 0 Å². The highest BCUT2D eigenvalue weighted by atomic mass is 35.5. The Morgan fingerprint density at radius 2 is 2.00 bits per heavy atom. The third-order valence-corrected chi connectivity index (χ3v) is 4.32. The topological polar surface area (TPSA) is 98.2 Å². The quantitative estimate of drug-likeness (QED) is 0.539. The van der Waals surface area contributed by atoms with Crippen molar-refractivity contribution in [1.82, 2.24) is 19.8 Å². The van der Waals surface area contributed by atoms with E-state index in [0.717, 1.165) is 5.69 Å². The molecule has 0 aliphatic carbocycles. The van der Waals surface area contributed by atoms with Crippen LogP contribution in [-0.4, -0.2) is 25.7 Å². The first kappa shape index (κ1) is 17.9. The molecule has 7 nitrogen and oxygen atoms in total. The maximum atomic E-state index is 13.7. The summed E-state index contributed by atoms with van der Waals surface area (Å²) in [6.45, 7) is 0. The number of fused-ring (bicyclic) bond motifs is 1. The predicted octanol–water partition coefficient (Wildman–Crippen LogP) is 3.35. The molecule has 4 rings (SSSR count). The van der Waals surface area contributed by atoms with Crippen molar-refractivity contribution in [2.45, 2.75) is 6.42 Å². The number of amides is 1. The van der Waals surface area contributed by atoms with E-state index in [1.54, 1.807) is 34.8 Å². The van der Waals surface area contributed by atoms with Crippen molar-refractivity contribution in [1.29, 1.82) is 0 Å². The van der Waals surface area contributed by atoms with E-state index in [-0.39, 0.29) is 5.56 Å². The number of hydrogen-bond acceptors (Lipinski definition) is 5. The number of anilines is 2. The predicted molar refractivity (Wildman–Crippen MR) is 103 cm³/mol. The van der Waals surface area contributed by atoms with Gasteiger partial charge in [-0.3, -0.25) is 4.79 Å². The molecule has 4 aromatic rings. The van der Waals surface area contributed by atoms with Crippen molar-refractivity contribution >= 4 is 34.7 Å². The summed E-state index contributed by atoms with van der Waals surface area (Å²) in [5, 5.41) is 16.5. The zero-order chi connectivity index (χ0) is 19.7. The summed E-state index contributed by atoms with van der Waals surface area (Å²) in [7, 11) is 0. The van der Waals surface area contributed by atoms with Crippen LogP contribution < -0.4 is 11.1 Å². The van der Waals surface area contributed by atoms with Gasteiger partial charge in [0.1, 0.15) is 5.82 Å². The summed E-state index contributed by atoms with van der Waals surface area (Å²) in [6.07, 6.45) is 0.301. The number of carbonyl (C=O) groups is 1. The molecule has 2 aromatic carbocycles. The number of benzene rings is 2. The molecule has 0 saturated heterocycles. The van der Waals surface area contributed by atoms with Gasteiger partial charge in [-0.25, -0.2) is 4.39 Å².